The van der Waals surface area contributed by atoms with E-state index in [4.69, 9.17) is 0 Å². The van der Waals surface area contributed by atoms with E-state index in [-0.39, 0.29) is 0 Å². The third kappa shape index (κ3) is 4.58. The molecule has 1 aliphatic rings. The summed E-state index contributed by atoms with van der Waals surface area (Å²) in [4.78, 5) is 0. The van der Waals surface area contributed by atoms with Crippen molar-refractivity contribution in [3.8, 4) is 0 Å². The van der Waals surface area contributed by atoms with Gasteiger partial charge in [0.15, 0.2) is 0 Å². The fourth-order valence-electron chi connectivity index (χ4n) is 0.644. The van der Waals surface area contributed by atoms with E-state index in [1.54, 1.807) is 0 Å². The molecule has 0 aromatic heterocycles. The summed E-state index contributed by atoms with van der Waals surface area (Å²) in [7, 11) is 0. The smallest absolute Gasteiger partial charge is 0.0116 e. The molecule has 0 aromatic carbocycles. The van der Waals surface area contributed by atoms with Crippen molar-refractivity contribution in [1.29, 1.82) is 0 Å². The van der Waals surface area contributed by atoms with Crippen molar-refractivity contribution in [2.45, 2.75) is 32.4 Å². The highest BCUT2D eigenvalue weighted by atomic mass is 32.2. The van der Waals surface area contributed by atoms with Crippen molar-refractivity contribution in [1.82, 2.24) is 0 Å². The molecular formula is C8H16S. The van der Waals surface area contributed by atoms with Gasteiger partial charge in [0.05, 0.1) is 0 Å². The lowest BCUT2D eigenvalue weighted by atomic mass is 10.3. The SMILES string of the molecule is CC.CC1CC=CCS1. The molecule has 1 heteroatoms. The van der Waals surface area contributed by atoms with Gasteiger partial charge in [-0.3, -0.25) is 0 Å². The van der Waals surface area contributed by atoms with Crippen LogP contribution in [0.2, 0.25) is 0 Å². The molecule has 1 aliphatic heterocycles. The highest BCUT2D eigenvalue weighted by Gasteiger charge is 2.00. The Morgan fingerprint density at radius 2 is 2.00 bits per heavy atom. The van der Waals surface area contributed by atoms with Crippen LogP contribution in [0.1, 0.15) is 27.2 Å². The summed E-state index contributed by atoms with van der Waals surface area (Å²) >= 11 is 2.03. The molecule has 0 bridgehead atoms. The van der Waals surface area contributed by atoms with Crippen molar-refractivity contribution in [2.24, 2.45) is 0 Å². The quantitative estimate of drug-likeness (QED) is 0.471. The highest BCUT2D eigenvalue weighted by molar-refractivity contribution is 8.00. The Labute approximate surface area is 62.7 Å². The second kappa shape index (κ2) is 6.21. The van der Waals surface area contributed by atoms with E-state index >= 15 is 0 Å². The van der Waals surface area contributed by atoms with Crippen LogP contribution in [0, 0.1) is 0 Å². The maximum absolute atomic E-state index is 2.27. The summed E-state index contributed by atoms with van der Waals surface area (Å²) in [5.74, 6) is 1.22. The summed E-state index contributed by atoms with van der Waals surface area (Å²) in [5, 5.41) is 0.866. The largest absolute Gasteiger partial charge is 0.154 e. The first kappa shape index (κ1) is 9.09. The van der Waals surface area contributed by atoms with Crippen LogP contribution in [0.4, 0.5) is 0 Å². The first-order chi connectivity index (χ1) is 4.39. The standard InChI is InChI=1S/C6H10S.C2H6/c1-6-4-2-3-5-7-6;1-2/h2-3,6H,4-5H2,1H3;1-2H3. The summed E-state index contributed by atoms with van der Waals surface area (Å²) in [6.45, 7) is 6.27. The lowest BCUT2D eigenvalue weighted by Crippen LogP contribution is -1.97. The van der Waals surface area contributed by atoms with Crippen molar-refractivity contribution >= 4 is 11.8 Å². The first-order valence-electron chi connectivity index (χ1n) is 3.66. The Hall–Kier alpha value is 0.0900. The molecule has 0 fully saturated rings. The van der Waals surface area contributed by atoms with Gasteiger partial charge in [-0.15, -0.1) is 0 Å². The average molecular weight is 144 g/mol. The minimum absolute atomic E-state index is 0.866. The zero-order valence-corrected chi connectivity index (χ0v) is 7.37. The third-order valence-electron chi connectivity index (χ3n) is 1.11. The number of thioether (sulfide) groups is 1. The Bertz CT molecular complexity index is 76.6. The van der Waals surface area contributed by atoms with Crippen LogP contribution < -0.4 is 0 Å². The fourth-order valence-corrected chi connectivity index (χ4v) is 1.47. The van der Waals surface area contributed by atoms with Gasteiger partial charge in [-0.2, -0.15) is 11.8 Å². The maximum atomic E-state index is 2.27. The lowest BCUT2D eigenvalue weighted by Gasteiger charge is -2.09. The Morgan fingerprint density at radius 3 is 2.22 bits per heavy atom. The molecule has 9 heavy (non-hydrogen) atoms. The van der Waals surface area contributed by atoms with Gasteiger partial charge < -0.3 is 0 Å². The van der Waals surface area contributed by atoms with E-state index in [1.165, 1.54) is 12.2 Å². The van der Waals surface area contributed by atoms with Gasteiger partial charge in [0, 0.05) is 11.0 Å². The molecule has 0 spiro atoms. The average Bonchev–Trinajstić information content (AvgIpc) is 1.94. The minimum atomic E-state index is 0.866. The lowest BCUT2D eigenvalue weighted by molar-refractivity contribution is 0.970. The van der Waals surface area contributed by atoms with E-state index in [2.05, 4.69) is 19.1 Å². The van der Waals surface area contributed by atoms with Crippen molar-refractivity contribution in [3.63, 3.8) is 0 Å². The maximum Gasteiger partial charge on any atom is 0.0116 e. The van der Waals surface area contributed by atoms with Crippen LogP contribution >= 0.6 is 11.8 Å². The molecule has 0 nitrogen and oxygen atoms in total. The summed E-state index contributed by atoms with van der Waals surface area (Å²) in [6.07, 6.45) is 5.77. The third-order valence-corrected chi connectivity index (χ3v) is 2.26. The monoisotopic (exact) mass is 144 g/mol. The molecule has 1 atom stereocenters. The van der Waals surface area contributed by atoms with Gasteiger partial charge >= 0.3 is 0 Å². The van der Waals surface area contributed by atoms with Gasteiger partial charge in [0.2, 0.25) is 0 Å². The highest BCUT2D eigenvalue weighted by Crippen LogP contribution is 2.18. The predicted molar refractivity (Wildman–Crippen MR) is 47.0 cm³/mol. The van der Waals surface area contributed by atoms with Crippen molar-refractivity contribution in [2.75, 3.05) is 5.75 Å². The normalized spacial score (nSPS) is 24.6. The van der Waals surface area contributed by atoms with E-state index in [0.29, 0.717) is 0 Å². The number of rotatable bonds is 0. The van der Waals surface area contributed by atoms with Crippen molar-refractivity contribution in [3.05, 3.63) is 12.2 Å². The molecule has 54 valence electrons. The van der Waals surface area contributed by atoms with Crippen LogP contribution in [0.5, 0.6) is 0 Å². The molecule has 0 N–H and O–H groups in total. The van der Waals surface area contributed by atoms with Crippen LogP contribution in [0.15, 0.2) is 12.2 Å². The Balaban J connectivity index is 0.000000291. The van der Waals surface area contributed by atoms with Gasteiger partial charge in [-0.25, -0.2) is 0 Å². The van der Waals surface area contributed by atoms with E-state index in [9.17, 15) is 0 Å². The van der Waals surface area contributed by atoms with Gasteiger partial charge in [-0.1, -0.05) is 32.9 Å². The molecule has 0 aromatic rings. The fraction of sp³-hybridized carbons (Fsp3) is 0.750. The van der Waals surface area contributed by atoms with Gasteiger partial charge in [0.1, 0.15) is 0 Å². The molecule has 0 radical (unpaired) electrons. The molecule has 0 aliphatic carbocycles. The minimum Gasteiger partial charge on any atom is -0.154 e. The zero-order valence-electron chi connectivity index (χ0n) is 6.55. The Morgan fingerprint density at radius 1 is 1.33 bits per heavy atom. The molecule has 0 saturated carbocycles. The second-order valence-electron chi connectivity index (χ2n) is 1.85. The van der Waals surface area contributed by atoms with Crippen LogP contribution in [-0.4, -0.2) is 11.0 Å². The molecule has 1 rings (SSSR count). The molecular weight excluding hydrogens is 128 g/mol. The van der Waals surface area contributed by atoms with Crippen molar-refractivity contribution < 1.29 is 0 Å². The van der Waals surface area contributed by atoms with E-state index < -0.39 is 0 Å². The molecule has 1 heterocycles. The van der Waals surface area contributed by atoms with Crippen LogP contribution in [-0.2, 0) is 0 Å². The number of hydrogen-bond acceptors (Lipinski definition) is 1. The first-order valence-corrected chi connectivity index (χ1v) is 4.71. The molecule has 1 unspecified atom stereocenters. The van der Waals surface area contributed by atoms with E-state index in [0.717, 1.165) is 5.25 Å². The predicted octanol–water partition coefficient (Wildman–Crippen LogP) is 3.09. The van der Waals surface area contributed by atoms with Gasteiger partial charge in [0.25, 0.3) is 0 Å². The summed E-state index contributed by atoms with van der Waals surface area (Å²) in [6, 6.07) is 0. The second-order valence-corrected chi connectivity index (χ2v) is 3.32. The van der Waals surface area contributed by atoms with E-state index in [1.807, 2.05) is 25.6 Å². The molecule has 0 amide bonds. The number of hydrogen-bond donors (Lipinski definition) is 0. The summed E-state index contributed by atoms with van der Waals surface area (Å²) in [5.41, 5.74) is 0. The summed E-state index contributed by atoms with van der Waals surface area (Å²) < 4.78 is 0. The van der Waals surface area contributed by atoms with Crippen LogP contribution in [0.25, 0.3) is 0 Å². The topological polar surface area (TPSA) is 0 Å². The molecule has 0 saturated heterocycles. The number of allylic oxidation sites excluding steroid dienone is 1. The Kier molecular flexibility index (Phi) is 6.28. The van der Waals surface area contributed by atoms with Gasteiger partial charge in [-0.05, 0) is 6.42 Å². The zero-order chi connectivity index (χ0) is 7.11. The van der Waals surface area contributed by atoms with Crippen LogP contribution in [0.3, 0.4) is 0 Å².